The van der Waals surface area contributed by atoms with Gasteiger partial charge in [-0.1, -0.05) is 6.42 Å². The van der Waals surface area contributed by atoms with E-state index in [0.29, 0.717) is 17.1 Å². The van der Waals surface area contributed by atoms with Crippen LogP contribution in [0.1, 0.15) is 36.5 Å². The normalized spacial score (nSPS) is 17.6. The minimum Gasteiger partial charge on any atom is -0.493 e. The first-order valence-corrected chi connectivity index (χ1v) is 7.17. The van der Waals surface area contributed by atoms with Crippen molar-refractivity contribution in [3.63, 3.8) is 0 Å². The zero-order valence-electron chi connectivity index (χ0n) is 12.5. The number of methoxy groups -OCH3 is 2. The topological polar surface area (TPSA) is 38.8 Å². The van der Waals surface area contributed by atoms with Crippen molar-refractivity contribution in [2.45, 2.75) is 32.2 Å². The number of hydrogen-bond acceptors (Lipinski definition) is 4. The SMILES string of the molecule is COc1ccc(C(=O)C(C)N2CCCCC2)cc1OC. The average molecular weight is 277 g/mol. The highest BCUT2D eigenvalue weighted by atomic mass is 16.5. The monoisotopic (exact) mass is 277 g/mol. The van der Waals surface area contributed by atoms with Crippen molar-refractivity contribution < 1.29 is 14.3 Å². The molecule has 1 unspecified atom stereocenters. The second-order valence-electron chi connectivity index (χ2n) is 5.21. The molecule has 1 heterocycles. The Kier molecular flexibility index (Phi) is 5.01. The molecule has 0 aliphatic carbocycles. The fourth-order valence-corrected chi connectivity index (χ4v) is 2.70. The Morgan fingerprint density at radius 3 is 2.35 bits per heavy atom. The predicted molar refractivity (Wildman–Crippen MR) is 78.8 cm³/mol. The Balaban J connectivity index is 2.15. The molecule has 20 heavy (non-hydrogen) atoms. The van der Waals surface area contributed by atoms with Gasteiger partial charge >= 0.3 is 0 Å². The van der Waals surface area contributed by atoms with Crippen LogP contribution in [0.25, 0.3) is 0 Å². The quantitative estimate of drug-likeness (QED) is 0.776. The molecule has 0 bridgehead atoms. The van der Waals surface area contributed by atoms with Crippen molar-refractivity contribution in [2.75, 3.05) is 27.3 Å². The largest absolute Gasteiger partial charge is 0.493 e. The number of piperidine rings is 1. The number of rotatable bonds is 5. The molecule has 0 aromatic heterocycles. The molecule has 1 fully saturated rings. The van der Waals surface area contributed by atoms with Crippen LogP contribution < -0.4 is 9.47 Å². The van der Waals surface area contributed by atoms with E-state index in [9.17, 15) is 4.79 Å². The van der Waals surface area contributed by atoms with Crippen molar-refractivity contribution in [3.05, 3.63) is 23.8 Å². The Hall–Kier alpha value is -1.55. The number of ketones is 1. The highest BCUT2D eigenvalue weighted by Crippen LogP contribution is 2.28. The van der Waals surface area contributed by atoms with Gasteiger partial charge in [-0.3, -0.25) is 9.69 Å². The number of carbonyl (C=O) groups is 1. The van der Waals surface area contributed by atoms with Gasteiger partial charge in [-0.05, 0) is 51.1 Å². The van der Waals surface area contributed by atoms with E-state index in [0.717, 1.165) is 13.1 Å². The Morgan fingerprint density at radius 2 is 1.75 bits per heavy atom. The number of benzene rings is 1. The van der Waals surface area contributed by atoms with E-state index in [-0.39, 0.29) is 11.8 Å². The molecule has 4 nitrogen and oxygen atoms in total. The third-order valence-electron chi connectivity index (χ3n) is 3.99. The van der Waals surface area contributed by atoms with Gasteiger partial charge < -0.3 is 9.47 Å². The van der Waals surface area contributed by atoms with Crippen molar-refractivity contribution in [1.82, 2.24) is 4.90 Å². The van der Waals surface area contributed by atoms with Gasteiger partial charge in [0.2, 0.25) is 0 Å². The molecule has 0 N–H and O–H groups in total. The van der Waals surface area contributed by atoms with E-state index in [2.05, 4.69) is 4.90 Å². The van der Waals surface area contributed by atoms with Crippen LogP contribution >= 0.6 is 0 Å². The van der Waals surface area contributed by atoms with Crippen LogP contribution in [0.5, 0.6) is 11.5 Å². The number of hydrogen-bond donors (Lipinski definition) is 0. The Morgan fingerprint density at radius 1 is 1.10 bits per heavy atom. The van der Waals surface area contributed by atoms with E-state index < -0.39 is 0 Å². The van der Waals surface area contributed by atoms with Gasteiger partial charge in [0.1, 0.15) is 0 Å². The van der Waals surface area contributed by atoms with Crippen molar-refractivity contribution >= 4 is 5.78 Å². The van der Waals surface area contributed by atoms with Gasteiger partial charge in [-0.25, -0.2) is 0 Å². The fourth-order valence-electron chi connectivity index (χ4n) is 2.70. The molecule has 110 valence electrons. The third kappa shape index (κ3) is 3.12. The van der Waals surface area contributed by atoms with Crippen LogP contribution in [0.3, 0.4) is 0 Å². The van der Waals surface area contributed by atoms with Gasteiger partial charge in [0.15, 0.2) is 17.3 Å². The summed E-state index contributed by atoms with van der Waals surface area (Å²) in [6.45, 7) is 4.02. The fraction of sp³-hybridized carbons (Fsp3) is 0.562. The highest BCUT2D eigenvalue weighted by molar-refractivity contribution is 6.00. The number of nitrogens with zero attached hydrogens (tertiary/aromatic N) is 1. The molecule has 4 heteroatoms. The predicted octanol–water partition coefficient (Wildman–Crippen LogP) is 2.76. The highest BCUT2D eigenvalue weighted by Gasteiger charge is 2.24. The van der Waals surface area contributed by atoms with Gasteiger partial charge in [0.25, 0.3) is 0 Å². The summed E-state index contributed by atoms with van der Waals surface area (Å²) in [7, 11) is 3.18. The van der Waals surface area contributed by atoms with Crippen LogP contribution in [0.2, 0.25) is 0 Å². The first-order chi connectivity index (χ1) is 9.67. The van der Waals surface area contributed by atoms with Gasteiger partial charge in [-0.15, -0.1) is 0 Å². The van der Waals surface area contributed by atoms with Crippen LogP contribution in [0.4, 0.5) is 0 Å². The number of Topliss-reactive ketones (excluding diaryl/α,β-unsaturated/α-hetero) is 1. The van der Waals surface area contributed by atoms with Crippen LogP contribution in [0.15, 0.2) is 18.2 Å². The van der Waals surface area contributed by atoms with E-state index >= 15 is 0 Å². The maximum absolute atomic E-state index is 12.6. The smallest absolute Gasteiger partial charge is 0.179 e. The summed E-state index contributed by atoms with van der Waals surface area (Å²) in [6.07, 6.45) is 3.64. The first kappa shape index (κ1) is 14.9. The summed E-state index contributed by atoms with van der Waals surface area (Å²) in [6, 6.07) is 5.29. The van der Waals surface area contributed by atoms with Crippen LogP contribution in [-0.4, -0.2) is 44.0 Å². The lowest BCUT2D eigenvalue weighted by molar-refractivity contribution is 0.0808. The van der Waals surface area contributed by atoms with E-state index in [1.165, 1.54) is 19.3 Å². The van der Waals surface area contributed by atoms with Gasteiger partial charge in [0, 0.05) is 5.56 Å². The lowest BCUT2D eigenvalue weighted by atomic mass is 10.0. The summed E-state index contributed by atoms with van der Waals surface area (Å²) in [5.74, 6) is 1.40. The van der Waals surface area contributed by atoms with Crippen LogP contribution in [0, 0.1) is 0 Å². The zero-order chi connectivity index (χ0) is 14.5. The molecular weight excluding hydrogens is 254 g/mol. The molecule has 1 aliphatic heterocycles. The Bertz CT molecular complexity index is 467. The summed E-state index contributed by atoms with van der Waals surface area (Å²) >= 11 is 0. The molecule has 0 saturated carbocycles. The third-order valence-corrected chi connectivity index (χ3v) is 3.99. The average Bonchev–Trinajstić information content (AvgIpc) is 2.53. The summed E-state index contributed by atoms with van der Waals surface area (Å²) < 4.78 is 10.5. The Labute approximate surface area is 120 Å². The van der Waals surface area contributed by atoms with Crippen LogP contribution in [-0.2, 0) is 0 Å². The first-order valence-electron chi connectivity index (χ1n) is 7.17. The molecule has 0 radical (unpaired) electrons. The second-order valence-corrected chi connectivity index (χ2v) is 5.21. The maximum Gasteiger partial charge on any atom is 0.179 e. The summed E-state index contributed by atoms with van der Waals surface area (Å²) in [4.78, 5) is 14.8. The molecule has 1 aliphatic rings. The minimum atomic E-state index is -0.0756. The number of likely N-dealkylation sites (tertiary alicyclic amines) is 1. The van der Waals surface area contributed by atoms with E-state index in [1.807, 2.05) is 13.0 Å². The molecule has 1 saturated heterocycles. The summed E-state index contributed by atoms with van der Waals surface area (Å²) in [5, 5.41) is 0. The summed E-state index contributed by atoms with van der Waals surface area (Å²) in [5.41, 5.74) is 0.681. The van der Waals surface area contributed by atoms with E-state index in [1.54, 1.807) is 26.4 Å². The molecule has 0 amide bonds. The molecule has 1 aromatic carbocycles. The standard InChI is InChI=1S/C16H23NO3/c1-12(17-9-5-4-6-10-17)16(18)13-7-8-14(19-2)15(11-13)20-3/h7-8,11-12H,4-6,9-10H2,1-3H3. The zero-order valence-corrected chi connectivity index (χ0v) is 12.5. The molecule has 0 spiro atoms. The van der Waals surface area contributed by atoms with E-state index in [4.69, 9.17) is 9.47 Å². The molecule has 2 rings (SSSR count). The number of carbonyl (C=O) groups excluding carboxylic acids is 1. The van der Waals surface area contributed by atoms with Crippen molar-refractivity contribution in [3.8, 4) is 11.5 Å². The molecular formula is C16H23NO3. The van der Waals surface area contributed by atoms with Gasteiger partial charge in [-0.2, -0.15) is 0 Å². The van der Waals surface area contributed by atoms with Gasteiger partial charge in [0.05, 0.1) is 20.3 Å². The van der Waals surface area contributed by atoms with Crippen molar-refractivity contribution in [1.29, 1.82) is 0 Å². The lowest BCUT2D eigenvalue weighted by Crippen LogP contribution is -2.42. The minimum absolute atomic E-state index is 0.0756. The lowest BCUT2D eigenvalue weighted by Gasteiger charge is -2.31. The van der Waals surface area contributed by atoms with Crippen molar-refractivity contribution in [2.24, 2.45) is 0 Å². The molecule has 1 aromatic rings. The maximum atomic E-state index is 12.6. The molecule has 1 atom stereocenters. The second kappa shape index (κ2) is 6.75. The number of ether oxygens (including phenoxy) is 2.